The summed E-state index contributed by atoms with van der Waals surface area (Å²) in [5, 5.41) is 0. The summed E-state index contributed by atoms with van der Waals surface area (Å²) in [7, 11) is 0. The number of pyridine rings is 1. The van der Waals surface area contributed by atoms with Gasteiger partial charge in [0.05, 0.1) is 16.7 Å². The number of nitrogens with zero attached hydrogens (tertiary/aromatic N) is 3. The summed E-state index contributed by atoms with van der Waals surface area (Å²) >= 11 is 0. The Bertz CT molecular complexity index is 1400. The second-order valence-corrected chi connectivity index (χ2v) is 8.40. The van der Waals surface area contributed by atoms with Gasteiger partial charge in [0.15, 0.2) is 0 Å². The zero-order chi connectivity index (χ0) is 20.3. The second-order valence-electron chi connectivity index (χ2n) is 8.40. The third kappa shape index (κ3) is 2.32. The van der Waals surface area contributed by atoms with Crippen LogP contribution in [0.15, 0.2) is 91.3 Å². The molecule has 144 valence electrons. The van der Waals surface area contributed by atoms with E-state index in [9.17, 15) is 0 Å². The van der Waals surface area contributed by atoms with Crippen molar-refractivity contribution < 1.29 is 0 Å². The van der Waals surface area contributed by atoms with Crippen LogP contribution in [0.25, 0.3) is 39.2 Å². The largest absolute Gasteiger partial charge is 0.292 e. The quantitative estimate of drug-likeness (QED) is 0.351. The molecule has 0 fully saturated rings. The summed E-state index contributed by atoms with van der Waals surface area (Å²) in [6.07, 6.45) is 3.66. The van der Waals surface area contributed by atoms with E-state index >= 15 is 0 Å². The van der Waals surface area contributed by atoms with E-state index in [-0.39, 0.29) is 5.41 Å². The normalized spacial score (nSPS) is 13.9. The van der Waals surface area contributed by atoms with Gasteiger partial charge in [-0.25, -0.2) is 4.98 Å². The van der Waals surface area contributed by atoms with E-state index in [4.69, 9.17) is 4.98 Å². The molecule has 0 bridgehead atoms. The number of rotatable bonds is 2. The van der Waals surface area contributed by atoms with Gasteiger partial charge in [0.1, 0.15) is 5.82 Å². The molecule has 1 aliphatic heterocycles. The molecular formula is C27H21N3. The Balaban J connectivity index is 1.70. The molecule has 2 aromatic heterocycles. The molecule has 3 aromatic carbocycles. The lowest BCUT2D eigenvalue weighted by Gasteiger charge is -2.35. The Hall–Kier alpha value is -3.72. The number of hydrogen-bond acceptors (Lipinski definition) is 2. The lowest BCUT2D eigenvalue weighted by molar-refractivity contribution is 0.629. The summed E-state index contributed by atoms with van der Waals surface area (Å²) in [4.78, 5) is 9.22. The van der Waals surface area contributed by atoms with Gasteiger partial charge in [0, 0.05) is 23.4 Å². The van der Waals surface area contributed by atoms with Gasteiger partial charge in [0.2, 0.25) is 0 Å². The first-order chi connectivity index (χ1) is 14.6. The van der Waals surface area contributed by atoms with Crippen molar-refractivity contribution in [3.8, 4) is 28.2 Å². The van der Waals surface area contributed by atoms with Crippen molar-refractivity contribution in [2.45, 2.75) is 19.3 Å². The smallest absolute Gasteiger partial charge is 0.145 e. The highest BCUT2D eigenvalue weighted by atomic mass is 15.1. The number of fused-ring (bicyclic) bond motifs is 2. The van der Waals surface area contributed by atoms with Crippen molar-refractivity contribution in [3.05, 3.63) is 102 Å². The molecule has 0 saturated carbocycles. The molecule has 0 saturated heterocycles. The fraction of sp³-hybridized carbons (Fsp3) is 0.111. The lowest BCUT2D eigenvalue weighted by atomic mass is 9.74. The van der Waals surface area contributed by atoms with Crippen LogP contribution < -0.4 is 0 Å². The van der Waals surface area contributed by atoms with E-state index in [0.717, 1.165) is 16.9 Å². The summed E-state index contributed by atoms with van der Waals surface area (Å²) in [6, 6.07) is 28.0. The van der Waals surface area contributed by atoms with Crippen molar-refractivity contribution >= 4 is 11.0 Å². The molecular weight excluding hydrogens is 366 g/mol. The monoisotopic (exact) mass is 387 g/mol. The van der Waals surface area contributed by atoms with Gasteiger partial charge in [-0.3, -0.25) is 9.55 Å². The standard InChI is InChI=1S/C27H21N3/c1-27(2)21-9-6-10-23-25(21)30(26(29-23)19-13-15-28-16-14-19)24-12-11-20(17-22(24)27)18-7-4-3-5-8-18/h3-17H,1-2H3. The Morgan fingerprint density at radius 2 is 1.50 bits per heavy atom. The van der Waals surface area contributed by atoms with Crippen molar-refractivity contribution in [2.75, 3.05) is 0 Å². The molecule has 5 aromatic rings. The molecule has 0 amide bonds. The van der Waals surface area contributed by atoms with Crippen LogP contribution in [-0.2, 0) is 5.41 Å². The first-order valence-electron chi connectivity index (χ1n) is 10.3. The SMILES string of the molecule is CC1(C)c2cc(-c3ccccc3)ccc2-n2c(-c3ccncc3)nc3cccc1c32. The topological polar surface area (TPSA) is 30.7 Å². The maximum Gasteiger partial charge on any atom is 0.145 e. The maximum absolute atomic E-state index is 5.03. The van der Waals surface area contributed by atoms with Gasteiger partial charge in [-0.15, -0.1) is 0 Å². The molecule has 3 nitrogen and oxygen atoms in total. The van der Waals surface area contributed by atoms with Crippen molar-refractivity contribution in [1.29, 1.82) is 0 Å². The van der Waals surface area contributed by atoms with Crippen LogP contribution in [0.5, 0.6) is 0 Å². The van der Waals surface area contributed by atoms with E-state index in [2.05, 4.69) is 90.1 Å². The van der Waals surface area contributed by atoms with Crippen LogP contribution in [0, 0.1) is 0 Å². The Morgan fingerprint density at radius 1 is 0.700 bits per heavy atom. The average Bonchev–Trinajstić information content (AvgIpc) is 3.19. The van der Waals surface area contributed by atoms with E-state index in [1.54, 1.807) is 0 Å². The Labute approximate surface area is 175 Å². The van der Waals surface area contributed by atoms with Crippen LogP contribution in [0.1, 0.15) is 25.0 Å². The van der Waals surface area contributed by atoms with Crippen LogP contribution in [0.3, 0.4) is 0 Å². The molecule has 0 N–H and O–H groups in total. The van der Waals surface area contributed by atoms with Crippen LogP contribution in [-0.4, -0.2) is 14.5 Å². The number of para-hydroxylation sites is 1. The van der Waals surface area contributed by atoms with Crippen molar-refractivity contribution in [2.24, 2.45) is 0 Å². The predicted molar refractivity (Wildman–Crippen MR) is 122 cm³/mol. The minimum atomic E-state index is -0.120. The predicted octanol–water partition coefficient (Wildman–Crippen LogP) is 6.39. The highest BCUT2D eigenvalue weighted by Crippen LogP contribution is 2.46. The minimum Gasteiger partial charge on any atom is -0.292 e. The molecule has 0 spiro atoms. The van der Waals surface area contributed by atoms with Gasteiger partial charge in [-0.2, -0.15) is 0 Å². The average molecular weight is 387 g/mol. The van der Waals surface area contributed by atoms with Gasteiger partial charge in [-0.05, 0) is 52.6 Å². The molecule has 30 heavy (non-hydrogen) atoms. The van der Waals surface area contributed by atoms with Gasteiger partial charge >= 0.3 is 0 Å². The zero-order valence-corrected chi connectivity index (χ0v) is 17.0. The fourth-order valence-electron chi connectivity index (χ4n) is 4.75. The molecule has 0 unspecified atom stereocenters. The second kappa shape index (κ2) is 6.14. The Morgan fingerprint density at radius 3 is 2.30 bits per heavy atom. The number of benzene rings is 3. The summed E-state index contributed by atoms with van der Waals surface area (Å²) in [6.45, 7) is 4.63. The van der Waals surface area contributed by atoms with Gasteiger partial charge < -0.3 is 0 Å². The van der Waals surface area contributed by atoms with E-state index < -0.39 is 0 Å². The van der Waals surface area contributed by atoms with Crippen LogP contribution in [0.4, 0.5) is 0 Å². The van der Waals surface area contributed by atoms with Gasteiger partial charge in [0.25, 0.3) is 0 Å². The number of imidazole rings is 1. The highest BCUT2D eigenvalue weighted by molar-refractivity contribution is 5.90. The van der Waals surface area contributed by atoms with Crippen LogP contribution in [0.2, 0.25) is 0 Å². The van der Waals surface area contributed by atoms with Crippen LogP contribution >= 0.6 is 0 Å². The van der Waals surface area contributed by atoms with E-state index in [0.29, 0.717) is 0 Å². The Kier molecular flexibility index (Phi) is 3.51. The molecule has 0 radical (unpaired) electrons. The maximum atomic E-state index is 5.03. The molecule has 6 rings (SSSR count). The molecule has 0 atom stereocenters. The molecule has 1 aliphatic rings. The van der Waals surface area contributed by atoms with Crippen molar-refractivity contribution in [3.63, 3.8) is 0 Å². The number of hydrogen-bond donors (Lipinski definition) is 0. The van der Waals surface area contributed by atoms with E-state index in [1.165, 1.54) is 33.5 Å². The third-order valence-electron chi connectivity index (χ3n) is 6.31. The minimum absolute atomic E-state index is 0.120. The molecule has 3 heteroatoms. The summed E-state index contributed by atoms with van der Waals surface area (Å²) in [5.74, 6) is 0.962. The first kappa shape index (κ1) is 17.2. The van der Waals surface area contributed by atoms with E-state index in [1.807, 2.05) is 24.5 Å². The zero-order valence-electron chi connectivity index (χ0n) is 17.0. The summed E-state index contributed by atoms with van der Waals surface area (Å²) in [5.41, 5.74) is 9.49. The fourth-order valence-corrected chi connectivity index (χ4v) is 4.75. The summed E-state index contributed by atoms with van der Waals surface area (Å²) < 4.78 is 2.33. The lowest BCUT2D eigenvalue weighted by Crippen LogP contribution is -2.26. The number of aromatic nitrogens is 3. The first-order valence-corrected chi connectivity index (χ1v) is 10.3. The highest BCUT2D eigenvalue weighted by Gasteiger charge is 2.35. The third-order valence-corrected chi connectivity index (χ3v) is 6.31. The van der Waals surface area contributed by atoms with Crippen molar-refractivity contribution in [1.82, 2.24) is 14.5 Å². The van der Waals surface area contributed by atoms with Gasteiger partial charge in [-0.1, -0.05) is 62.4 Å². The molecule has 3 heterocycles. The molecule has 0 aliphatic carbocycles.